The predicted molar refractivity (Wildman–Crippen MR) is 81.8 cm³/mol. The predicted octanol–water partition coefficient (Wildman–Crippen LogP) is 3.46. The van der Waals surface area contributed by atoms with Gasteiger partial charge in [-0.1, -0.05) is 11.6 Å². The molecule has 1 rings (SSSR count). The summed E-state index contributed by atoms with van der Waals surface area (Å²) >= 11 is 5.63. The Kier molecular flexibility index (Phi) is 7.15. The number of rotatable bonds is 7. The molecule has 0 unspecified atom stereocenters. The van der Waals surface area contributed by atoms with E-state index in [1.165, 1.54) is 12.1 Å². The standard InChI is InChI=1S/C15H20ClFN2O2/c1-3-19(4-2)15(21)7-5-6-14(20)18-13-9-8-11(16)10-12(13)17/h8-10H,3-7H2,1-2H3,(H,18,20). The van der Waals surface area contributed by atoms with Gasteiger partial charge in [-0.25, -0.2) is 4.39 Å². The third-order valence-corrected chi connectivity index (χ3v) is 3.35. The maximum absolute atomic E-state index is 13.5. The summed E-state index contributed by atoms with van der Waals surface area (Å²) in [4.78, 5) is 25.2. The van der Waals surface area contributed by atoms with Crippen molar-refractivity contribution in [2.24, 2.45) is 0 Å². The lowest BCUT2D eigenvalue weighted by atomic mass is 10.2. The normalized spacial score (nSPS) is 10.3. The molecule has 0 fully saturated rings. The Morgan fingerprint density at radius 2 is 1.90 bits per heavy atom. The largest absolute Gasteiger partial charge is 0.343 e. The van der Waals surface area contributed by atoms with Crippen molar-refractivity contribution in [3.8, 4) is 0 Å². The van der Waals surface area contributed by atoms with Gasteiger partial charge in [-0.3, -0.25) is 9.59 Å². The van der Waals surface area contributed by atoms with E-state index in [2.05, 4.69) is 5.32 Å². The summed E-state index contributed by atoms with van der Waals surface area (Å²) in [5, 5.41) is 2.74. The first-order valence-corrected chi connectivity index (χ1v) is 7.38. The second-order valence-electron chi connectivity index (χ2n) is 4.59. The van der Waals surface area contributed by atoms with Gasteiger partial charge in [-0.15, -0.1) is 0 Å². The van der Waals surface area contributed by atoms with Gasteiger partial charge in [0.2, 0.25) is 11.8 Å². The van der Waals surface area contributed by atoms with Crippen molar-refractivity contribution in [2.45, 2.75) is 33.1 Å². The lowest BCUT2D eigenvalue weighted by molar-refractivity contribution is -0.130. The monoisotopic (exact) mass is 314 g/mol. The van der Waals surface area contributed by atoms with Crippen LogP contribution in [-0.4, -0.2) is 29.8 Å². The van der Waals surface area contributed by atoms with Gasteiger partial charge in [-0.2, -0.15) is 0 Å². The number of carbonyl (C=O) groups excluding carboxylic acids is 2. The van der Waals surface area contributed by atoms with Crippen LogP contribution in [0.15, 0.2) is 18.2 Å². The summed E-state index contributed by atoms with van der Waals surface area (Å²) in [6, 6.07) is 4.06. The third-order valence-electron chi connectivity index (χ3n) is 3.12. The lowest BCUT2D eigenvalue weighted by Gasteiger charge is -2.18. The molecule has 0 saturated heterocycles. The first kappa shape index (κ1) is 17.4. The number of nitrogens with one attached hydrogen (secondary N) is 1. The van der Waals surface area contributed by atoms with Gasteiger partial charge in [0.1, 0.15) is 5.82 Å². The van der Waals surface area contributed by atoms with Crippen LogP contribution in [0.2, 0.25) is 5.02 Å². The van der Waals surface area contributed by atoms with Crippen LogP contribution in [0.25, 0.3) is 0 Å². The van der Waals surface area contributed by atoms with Crippen LogP contribution in [-0.2, 0) is 9.59 Å². The molecule has 0 spiro atoms. The average molecular weight is 315 g/mol. The molecule has 21 heavy (non-hydrogen) atoms. The van der Waals surface area contributed by atoms with Gasteiger partial charge in [0, 0.05) is 31.0 Å². The summed E-state index contributed by atoms with van der Waals surface area (Å²) in [7, 11) is 0. The van der Waals surface area contributed by atoms with Gasteiger partial charge in [0.15, 0.2) is 0 Å². The molecule has 0 aliphatic heterocycles. The molecule has 0 atom stereocenters. The number of carbonyl (C=O) groups is 2. The van der Waals surface area contributed by atoms with Gasteiger partial charge in [-0.05, 0) is 38.5 Å². The fraction of sp³-hybridized carbons (Fsp3) is 0.467. The van der Waals surface area contributed by atoms with Crippen LogP contribution in [0, 0.1) is 5.82 Å². The van der Waals surface area contributed by atoms with E-state index < -0.39 is 5.82 Å². The highest BCUT2D eigenvalue weighted by Crippen LogP contribution is 2.19. The Balaban J connectivity index is 2.39. The molecule has 1 aromatic carbocycles. The molecule has 6 heteroatoms. The highest BCUT2D eigenvalue weighted by molar-refractivity contribution is 6.30. The van der Waals surface area contributed by atoms with E-state index in [1.807, 2.05) is 13.8 Å². The van der Waals surface area contributed by atoms with E-state index in [9.17, 15) is 14.0 Å². The van der Waals surface area contributed by atoms with Crippen molar-refractivity contribution in [2.75, 3.05) is 18.4 Å². The highest BCUT2D eigenvalue weighted by atomic mass is 35.5. The quantitative estimate of drug-likeness (QED) is 0.838. The van der Waals surface area contributed by atoms with E-state index in [0.717, 1.165) is 6.07 Å². The first-order valence-electron chi connectivity index (χ1n) is 7.00. The molecule has 0 aliphatic carbocycles. The Morgan fingerprint density at radius 1 is 1.24 bits per heavy atom. The summed E-state index contributed by atoms with van der Waals surface area (Å²) in [5.74, 6) is -0.857. The number of anilines is 1. The number of nitrogens with zero attached hydrogens (tertiary/aromatic N) is 1. The minimum Gasteiger partial charge on any atom is -0.343 e. The number of hydrogen-bond acceptors (Lipinski definition) is 2. The third kappa shape index (κ3) is 5.71. The fourth-order valence-electron chi connectivity index (χ4n) is 1.94. The van der Waals surface area contributed by atoms with E-state index in [-0.39, 0.29) is 28.9 Å². The molecule has 0 radical (unpaired) electrons. The summed E-state index contributed by atoms with van der Waals surface area (Å²) in [6.45, 7) is 5.16. The summed E-state index contributed by atoms with van der Waals surface area (Å²) < 4.78 is 13.5. The number of hydrogen-bond donors (Lipinski definition) is 1. The first-order chi connectivity index (χ1) is 9.97. The van der Waals surface area contributed by atoms with Gasteiger partial charge in [0.05, 0.1) is 5.69 Å². The van der Waals surface area contributed by atoms with Crippen molar-refractivity contribution in [3.63, 3.8) is 0 Å². The Labute approximate surface area is 129 Å². The number of halogens is 2. The molecule has 0 bridgehead atoms. The van der Waals surface area contributed by atoms with Crippen molar-refractivity contribution in [1.82, 2.24) is 4.90 Å². The second-order valence-corrected chi connectivity index (χ2v) is 5.03. The van der Waals surface area contributed by atoms with Crippen molar-refractivity contribution in [3.05, 3.63) is 29.0 Å². The van der Waals surface area contributed by atoms with Crippen molar-refractivity contribution >= 4 is 29.1 Å². The molecule has 1 aromatic rings. The van der Waals surface area contributed by atoms with Crippen molar-refractivity contribution < 1.29 is 14.0 Å². The zero-order valence-electron chi connectivity index (χ0n) is 12.3. The fourth-order valence-corrected chi connectivity index (χ4v) is 2.10. The molecule has 1 N–H and O–H groups in total. The number of amides is 2. The molecule has 0 saturated carbocycles. The topological polar surface area (TPSA) is 49.4 Å². The molecule has 0 heterocycles. The lowest BCUT2D eigenvalue weighted by Crippen LogP contribution is -2.30. The second kappa shape index (κ2) is 8.62. The van der Waals surface area contributed by atoms with Crippen LogP contribution >= 0.6 is 11.6 Å². The Bertz CT molecular complexity index is 504. The van der Waals surface area contributed by atoms with Crippen LogP contribution in [0.1, 0.15) is 33.1 Å². The summed E-state index contributed by atoms with van der Waals surface area (Å²) in [6.07, 6.45) is 0.934. The van der Waals surface area contributed by atoms with Gasteiger partial charge in [0.25, 0.3) is 0 Å². The van der Waals surface area contributed by atoms with Crippen LogP contribution < -0.4 is 5.32 Å². The molecule has 4 nitrogen and oxygen atoms in total. The highest BCUT2D eigenvalue weighted by Gasteiger charge is 2.11. The van der Waals surface area contributed by atoms with E-state index >= 15 is 0 Å². The molecule has 2 amide bonds. The van der Waals surface area contributed by atoms with E-state index in [0.29, 0.717) is 25.9 Å². The Hall–Kier alpha value is -1.62. The Morgan fingerprint density at radius 3 is 2.48 bits per heavy atom. The molecular formula is C15H20ClFN2O2. The molecular weight excluding hydrogens is 295 g/mol. The molecule has 0 aromatic heterocycles. The minimum atomic E-state index is -0.574. The summed E-state index contributed by atoms with van der Waals surface area (Å²) in [5.41, 5.74) is 0.0967. The zero-order chi connectivity index (χ0) is 15.8. The maximum atomic E-state index is 13.5. The van der Waals surface area contributed by atoms with E-state index in [1.54, 1.807) is 4.90 Å². The number of benzene rings is 1. The molecule has 0 aliphatic rings. The van der Waals surface area contributed by atoms with Gasteiger partial charge < -0.3 is 10.2 Å². The van der Waals surface area contributed by atoms with Crippen molar-refractivity contribution in [1.29, 1.82) is 0 Å². The van der Waals surface area contributed by atoms with Crippen LogP contribution in [0.3, 0.4) is 0 Å². The smallest absolute Gasteiger partial charge is 0.224 e. The average Bonchev–Trinajstić information content (AvgIpc) is 2.43. The van der Waals surface area contributed by atoms with Crippen LogP contribution in [0.5, 0.6) is 0 Å². The molecule has 116 valence electrons. The van der Waals surface area contributed by atoms with Gasteiger partial charge >= 0.3 is 0 Å². The SMILES string of the molecule is CCN(CC)C(=O)CCCC(=O)Nc1ccc(Cl)cc1F. The van der Waals surface area contributed by atoms with Crippen LogP contribution in [0.4, 0.5) is 10.1 Å². The van der Waals surface area contributed by atoms with E-state index in [4.69, 9.17) is 11.6 Å². The minimum absolute atomic E-state index is 0.0328. The zero-order valence-corrected chi connectivity index (χ0v) is 13.0. The maximum Gasteiger partial charge on any atom is 0.224 e.